The van der Waals surface area contributed by atoms with E-state index in [2.05, 4.69) is 19.2 Å². The molecule has 0 aromatic heterocycles. The zero-order chi connectivity index (χ0) is 21.0. The van der Waals surface area contributed by atoms with Gasteiger partial charge in [-0.1, -0.05) is 49.7 Å². The molecule has 2 aromatic carbocycles. The molecular formula is C22H27ClN2O3S. The van der Waals surface area contributed by atoms with E-state index < -0.39 is 10.0 Å². The summed E-state index contributed by atoms with van der Waals surface area (Å²) in [6.45, 7) is 4.96. The number of anilines is 1. The second-order valence-electron chi connectivity index (χ2n) is 7.83. The third-order valence-electron chi connectivity index (χ3n) is 5.30. The number of sulfonamides is 1. The first-order valence-corrected chi connectivity index (χ1v) is 11.9. The molecule has 5 nitrogen and oxygen atoms in total. The predicted octanol–water partition coefficient (Wildman–Crippen LogP) is 4.64. The highest BCUT2D eigenvalue weighted by Crippen LogP contribution is 2.24. The van der Waals surface area contributed by atoms with Crippen molar-refractivity contribution in [3.05, 3.63) is 64.7 Å². The van der Waals surface area contributed by atoms with Gasteiger partial charge in [0.15, 0.2) is 0 Å². The van der Waals surface area contributed by atoms with Crippen LogP contribution in [0.25, 0.3) is 0 Å². The normalized spacial score (nSPS) is 16.1. The van der Waals surface area contributed by atoms with Crippen LogP contribution in [0.3, 0.4) is 0 Å². The van der Waals surface area contributed by atoms with Crippen LogP contribution in [0.15, 0.2) is 48.5 Å². The van der Waals surface area contributed by atoms with E-state index in [1.165, 1.54) is 9.87 Å². The van der Waals surface area contributed by atoms with Gasteiger partial charge in [-0.15, -0.1) is 0 Å². The smallest absolute Gasteiger partial charge is 0.227 e. The van der Waals surface area contributed by atoms with Crippen LogP contribution in [-0.4, -0.2) is 31.7 Å². The van der Waals surface area contributed by atoms with E-state index in [9.17, 15) is 13.2 Å². The summed E-state index contributed by atoms with van der Waals surface area (Å²) >= 11 is 5.95. The van der Waals surface area contributed by atoms with Crippen molar-refractivity contribution in [3.8, 4) is 0 Å². The topological polar surface area (TPSA) is 66.5 Å². The largest absolute Gasteiger partial charge is 0.326 e. The van der Waals surface area contributed by atoms with Gasteiger partial charge in [0.2, 0.25) is 15.9 Å². The molecule has 0 aliphatic carbocycles. The van der Waals surface area contributed by atoms with E-state index in [1.54, 1.807) is 24.3 Å². The Hall–Kier alpha value is -1.89. The fraction of sp³-hybridized carbons (Fsp3) is 0.409. The molecule has 156 valence electrons. The fourth-order valence-electron chi connectivity index (χ4n) is 3.52. The molecule has 3 rings (SSSR count). The summed E-state index contributed by atoms with van der Waals surface area (Å²) in [5, 5.41) is 3.48. The van der Waals surface area contributed by atoms with Crippen molar-refractivity contribution in [2.45, 2.75) is 38.4 Å². The molecular weight excluding hydrogens is 408 g/mol. The van der Waals surface area contributed by atoms with Crippen LogP contribution in [-0.2, 0) is 20.6 Å². The molecule has 0 radical (unpaired) electrons. The second-order valence-corrected chi connectivity index (χ2v) is 10.2. The van der Waals surface area contributed by atoms with Gasteiger partial charge in [0, 0.05) is 29.7 Å². The van der Waals surface area contributed by atoms with Crippen LogP contribution in [0.2, 0.25) is 5.02 Å². The summed E-state index contributed by atoms with van der Waals surface area (Å²) in [4.78, 5) is 12.6. The highest BCUT2D eigenvalue weighted by Gasteiger charge is 2.31. The summed E-state index contributed by atoms with van der Waals surface area (Å²) in [6, 6.07) is 14.8. The van der Waals surface area contributed by atoms with Crippen molar-refractivity contribution in [1.82, 2.24) is 4.31 Å². The van der Waals surface area contributed by atoms with Crippen molar-refractivity contribution in [2.75, 3.05) is 18.4 Å². The lowest BCUT2D eigenvalue weighted by Gasteiger charge is -2.30. The molecule has 1 fully saturated rings. The number of carbonyl (C=O) groups excluding carboxylic acids is 1. The Balaban J connectivity index is 1.54. The molecule has 29 heavy (non-hydrogen) atoms. The van der Waals surface area contributed by atoms with Gasteiger partial charge in [0.1, 0.15) is 0 Å². The van der Waals surface area contributed by atoms with Crippen LogP contribution in [0.1, 0.15) is 43.7 Å². The molecule has 0 spiro atoms. The molecule has 1 saturated heterocycles. The van der Waals surface area contributed by atoms with Gasteiger partial charge in [-0.05, 0) is 54.2 Å². The number of hydrogen-bond acceptors (Lipinski definition) is 3. The minimum Gasteiger partial charge on any atom is -0.326 e. The standard InChI is InChI=1S/C22H27ClN2O3S/c1-16(2)18-6-8-21(9-7-18)24-22(26)19-10-12-25(13-11-19)29(27,28)15-17-4-3-5-20(23)14-17/h3-9,14,16,19H,10-13,15H2,1-2H3,(H,24,26). The number of nitrogens with one attached hydrogen (secondary N) is 1. The van der Waals surface area contributed by atoms with Gasteiger partial charge >= 0.3 is 0 Å². The fourth-order valence-corrected chi connectivity index (χ4v) is 5.28. The van der Waals surface area contributed by atoms with E-state index >= 15 is 0 Å². The third-order valence-corrected chi connectivity index (χ3v) is 7.39. The van der Waals surface area contributed by atoms with Crippen molar-refractivity contribution in [1.29, 1.82) is 0 Å². The van der Waals surface area contributed by atoms with Crippen LogP contribution >= 0.6 is 11.6 Å². The van der Waals surface area contributed by atoms with Gasteiger partial charge in [0.25, 0.3) is 0 Å². The minimum absolute atomic E-state index is 0.0470. The molecule has 1 aliphatic heterocycles. The summed E-state index contributed by atoms with van der Waals surface area (Å²) in [5.41, 5.74) is 2.67. The second kappa shape index (κ2) is 9.28. The summed E-state index contributed by atoms with van der Waals surface area (Å²) in [5.74, 6) is 0.136. The molecule has 0 atom stereocenters. The molecule has 2 aromatic rings. The predicted molar refractivity (Wildman–Crippen MR) is 118 cm³/mol. The lowest BCUT2D eigenvalue weighted by molar-refractivity contribution is -0.120. The van der Waals surface area contributed by atoms with Gasteiger partial charge in [-0.3, -0.25) is 4.79 Å². The average Bonchev–Trinajstić information content (AvgIpc) is 2.68. The van der Waals surface area contributed by atoms with Gasteiger partial charge in [-0.25, -0.2) is 12.7 Å². The number of piperidine rings is 1. The highest BCUT2D eigenvalue weighted by atomic mass is 35.5. The molecule has 1 N–H and O–H groups in total. The van der Waals surface area contributed by atoms with Crippen LogP contribution < -0.4 is 5.32 Å². The molecule has 1 amide bonds. The van der Waals surface area contributed by atoms with Crippen molar-refractivity contribution < 1.29 is 13.2 Å². The Morgan fingerprint density at radius 1 is 1.14 bits per heavy atom. The molecule has 0 unspecified atom stereocenters. The van der Waals surface area contributed by atoms with E-state index in [-0.39, 0.29) is 17.6 Å². The van der Waals surface area contributed by atoms with Crippen LogP contribution in [0.5, 0.6) is 0 Å². The number of hydrogen-bond donors (Lipinski definition) is 1. The van der Waals surface area contributed by atoms with Gasteiger partial charge < -0.3 is 5.32 Å². The number of benzene rings is 2. The Bertz CT molecular complexity index is 950. The number of halogens is 1. The first kappa shape index (κ1) is 21.8. The zero-order valence-corrected chi connectivity index (χ0v) is 18.3. The molecule has 7 heteroatoms. The van der Waals surface area contributed by atoms with E-state index in [1.807, 2.05) is 24.3 Å². The first-order chi connectivity index (χ1) is 13.7. The van der Waals surface area contributed by atoms with E-state index in [0.717, 1.165) is 5.69 Å². The maximum absolute atomic E-state index is 12.7. The molecule has 0 saturated carbocycles. The Morgan fingerprint density at radius 3 is 2.38 bits per heavy atom. The average molecular weight is 435 g/mol. The van der Waals surface area contributed by atoms with Gasteiger partial charge in [-0.2, -0.15) is 0 Å². The Kier molecular flexibility index (Phi) is 6.98. The Morgan fingerprint density at radius 2 is 1.79 bits per heavy atom. The van der Waals surface area contributed by atoms with Gasteiger partial charge in [0.05, 0.1) is 5.75 Å². The lowest BCUT2D eigenvalue weighted by Crippen LogP contribution is -2.41. The quantitative estimate of drug-likeness (QED) is 0.719. The first-order valence-electron chi connectivity index (χ1n) is 9.87. The monoisotopic (exact) mass is 434 g/mol. The van der Waals surface area contributed by atoms with E-state index in [4.69, 9.17) is 11.6 Å². The molecule has 1 heterocycles. The number of amides is 1. The van der Waals surface area contributed by atoms with Crippen molar-refractivity contribution in [2.24, 2.45) is 5.92 Å². The molecule has 0 bridgehead atoms. The summed E-state index contributed by atoms with van der Waals surface area (Å²) in [6.07, 6.45) is 1.04. The zero-order valence-electron chi connectivity index (χ0n) is 16.8. The summed E-state index contributed by atoms with van der Waals surface area (Å²) < 4.78 is 26.9. The van der Waals surface area contributed by atoms with Crippen LogP contribution in [0, 0.1) is 5.92 Å². The van der Waals surface area contributed by atoms with Crippen molar-refractivity contribution in [3.63, 3.8) is 0 Å². The van der Waals surface area contributed by atoms with E-state index in [0.29, 0.717) is 42.4 Å². The number of rotatable bonds is 6. The van der Waals surface area contributed by atoms with Crippen LogP contribution in [0.4, 0.5) is 5.69 Å². The number of carbonyl (C=O) groups is 1. The highest BCUT2D eigenvalue weighted by molar-refractivity contribution is 7.88. The molecule has 1 aliphatic rings. The maximum Gasteiger partial charge on any atom is 0.227 e. The SMILES string of the molecule is CC(C)c1ccc(NC(=O)C2CCN(S(=O)(=O)Cc3cccc(Cl)c3)CC2)cc1. The summed E-state index contributed by atoms with van der Waals surface area (Å²) in [7, 11) is -3.43. The third kappa shape index (κ3) is 5.81. The minimum atomic E-state index is -3.43. The lowest BCUT2D eigenvalue weighted by atomic mass is 9.97. The maximum atomic E-state index is 12.7. The van der Waals surface area contributed by atoms with Crippen molar-refractivity contribution >= 4 is 33.2 Å². The number of nitrogens with zero attached hydrogens (tertiary/aromatic N) is 1. The Labute approximate surface area is 178 Å².